The van der Waals surface area contributed by atoms with E-state index in [4.69, 9.17) is 4.74 Å². The second-order valence-electron chi connectivity index (χ2n) is 6.06. The molecule has 0 aromatic carbocycles. The van der Waals surface area contributed by atoms with Crippen LogP contribution in [0.1, 0.15) is 24.5 Å². The average molecular weight is 345 g/mol. The van der Waals surface area contributed by atoms with Gasteiger partial charge in [-0.05, 0) is 47.4 Å². The monoisotopic (exact) mass is 345 g/mol. The zero-order valence-electron chi connectivity index (χ0n) is 13.9. The Morgan fingerprint density at radius 3 is 3.04 bits per heavy atom. The first-order valence-electron chi connectivity index (χ1n) is 8.30. The van der Waals surface area contributed by atoms with Gasteiger partial charge in [0.1, 0.15) is 5.82 Å². The second-order valence-corrected chi connectivity index (χ2v) is 6.84. The van der Waals surface area contributed by atoms with E-state index in [9.17, 15) is 4.79 Å². The van der Waals surface area contributed by atoms with Crippen LogP contribution in [0.3, 0.4) is 0 Å². The van der Waals surface area contributed by atoms with Crippen molar-refractivity contribution in [3.8, 4) is 0 Å². The summed E-state index contributed by atoms with van der Waals surface area (Å²) in [5.74, 6) is 1.05. The van der Waals surface area contributed by atoms with Gasteiger partial charge in [0.2, 0.25) is 5.91 Å². The highest BCUT2D eigenvalue weighted by Crippen LogP contribution is 2.15. The lowest BCUT2D eigenvalue weighted by atomic mass is 10.2. The number of nitrogens with one attached hydrogen (secondary N) is 1. The minimum atomic E-state index is 0.0762. The van der Waals surface area contributed by atoms with Gasteiger partial charge in [-0.1, -0.05) is 6.07 Å². The molecule has 1 aliphatic rings. The minimum absolute atomic E-state index is 0.0762. The third-order valence-electron chi connectivity index (χ3n) is 4.08. The number of thiophene rings is 1. The molecule has 0 saturated carbocycles. The molecule has 0 radical (unpaired) electrons. The Morgan fingerprint density at radius 2 is 2.33 bits per heavy atom. The maximum atomic E-state index is 11.9. The fourth-order valence-electron chi connectivity index (χ4n) is 2.72. The first kappa shape index (κ1) is 16.9. The fraction of sp³-hybridized carbons (Fsp3) is 0.444. The number of hydrogen-bond donors (Lipinski definition) is 1. The molecule has 1 atom stereocenters. The van der Waals surface area contributed by atoms with Crippen LogP contribution in [-0.4, -0.2) is 36.7 Å². The predicted octanol–water partition coefficient (Wildman–Crippen LogP) is 2.62. The third-order valence-corrected chi connectivity index (χ3v) is 4.82. The zero-order chi connectivity index (χ0) is 16.8. The van der Waals surface area contributed by atoms with Gasteiger partial charge in [0.25, 0.3) is 0 Å². The predicted molar refractivity (Wildman–Crippen MR) is 96.4 cm³/mol. The van der Waals surface area contributed by atoms with E-state index in [-0.39, 0.29) is 12.0 Å². The molecule has 3 heterocycles. The summed E-state index contributed by atoms with van der Waals surface area (Å²) in [7, 11) is 0. The summed E-state index contributed by atoms with van der Waals surface area (Å²) in [5.41, 5.74) is 2.24. The molecule has 0 aliphatic carbocycles. The van der Waals surface area contributed by atoms with Crippen LogP contribution in [0.4, 0.5) is 5.82 Å². The van der Waals surface area contributed by atoms with Crippen molar-refractivity contribution in [1.82, 2.24) is 10.3 Å². The van der Waals surface area contributed by atoms with Crippen LogP contribution in [0, 0.1) is 0 Å². The molecule has 5 nitrogen and oxygen atoms in total. The number of ether oxygens (including phenoxy) is 1. The Kier molecular flexibility index (Phi) is 5.82. The third kappa shape index (κ3) is 4.79. The molecule has 128 valence electrons. The van der Waals surface area contributed by atoms with E-state index in [1.54, 1.807) is 11.3 Å². The summed E-state index contributed by atoms with van der Waals surface area (Å²) in [6.45, 7) is 5.08. The summed E-state index contributed by atoms with van der Waals surface area (Å²) >= 11 is 1.66. The van der Waals surface area contributed by atoms with Gasteiger partial charge in [0.15, 0.2) is 0 Å². The number of aryl methyl sites for hydroxylation is 1. The normalized spacial score (nSPS) is 17.7. The fourth-order valence-corrected chi connectivity index (χ4v) is 3.42. The van der Waals surface area contributed by atoms with Gasteiger partial charge in [-0.2, -0.15) is 11.3 Å². The van der Waals surface area contributed by atoms with Crippen LogP contribution < -0.4 is 10.2 Å². The number of carbonyl (C=O) groups is 1. The number of morpholine rings is 1. The summed E-state index contributed by atoms with van der Waals surface area (Å²) in [6, 6.07) is 6.11. The zero-order valence-corrected chi connectivity index (χ0v) is 14.7. The van der Waals surface area contributed by atoms with Crippen molar-refractivity contribution >= 4 is 23.1 Å². The highest BCUT2D eigenvalue weighted by atomic mass is 32.1. The lowest BCUT2D eigenvalue weighted by Gasteiger charge is -2.32. The van der Waals surface area contributed by atoms with E-state index in [2.05, 4.69) is 33.6 Å². The van der Waals surface area contributed by atoms with Crippen LogP contribution >= 0.6 is 11.3 Å². The van der Waals surface area contributed by atoms with Crippen molar-refractivity contribution in [1.29, 1.82) is 0 Å². The van der Waals surface area contributed by atoms with E-state index >= 15 is 0 Å². The van der Waals surface area contributed by atoms with Crippen molar-refractivity contribution in [3.05, 3.63) is 46.3 Å². The first-order chi connectivity index (χ1) is 11.7. The highest BCUT2D eigenvalue weighted by molar-refractivity contribution is 7.07. The Hall–Kier alpha value is -1.92. The molecule has 1 saturated heterocycles. The Bertz CT molecular complexity index is 643. The smallest absolute Gasteiger partial charge is 0.220 e. The van der Waals surface area contributed by atoms with E-state index in [1.807, 2.05) is 23.7 Å². The van der Waals surface area contributed by atoms with Crippen molar-refractivity contribution in [2.45, 2.75) is 32.4 Å². The molecule has 2 aromatic rings. The summed E-state index contributed by atoms with van der Waals surface area (Å²) in [4.78, 5) is 18.7. The number of hydrogen-bond acceptors (Lipinski definition) is 5. The molecule has 3 rings (SSSR count). The van der Waals surface area contributed by atoms with Gasteiger partial charge in [0, 0.05) is 32.3 Å². The molecule has 24 heavy (non-hydrogen) atoms. The number of carbonyl (C=O) groups excluding carboxylic acids is 1. The van der Waals surface area contributed by atoms with Gasteiger partial charge in [-0.25, -0.2) is 4.98 Å². The quantitative estimate of drug-likeness (QED) is 0.874. The Morgan fingerprint density at radius 1 is 1.42 bits per heavy atom. The highest BCUT2D eigenvalue weighted by Gasteiger charge is 2.17. The van der Waals surface area contributed by atoms with Crippen LogP contribution in [0.15, 0.2) is 35.2 Å². The van der Waals surface area contributed by atoms with E-state index < -0.39 is 0 Å². The second kappa shape index (κ2) is 8.26. The minimum Gasteiger partial charge on any atom is -0.375 e. The number of rotatable bonds is 6. The van der Waals surface area contributed by atoms with Gasteiger partial charge in [0.05, 0.1) is 12.7 Å². The molecule has 1 aliphatic heterocycles. The SMILES string of the molecule is CC1CN(c2ccc(CNC(=O)CCc3ccsc3)cn2)CCO1. The molecule has 0 spiro atoms. The van der Waals surface area contributed by atoms with E-state index in [1.165, 1.54) is 5.56 Å². The van der Waals surface area contributed by atoms with E-state index in [0.717, 1.165) is 37.5 Å². The Balaban J connectivity index is 1.44. The van der Waals surface area contributed by atoms with Crippen molar-refractivity contribution in [2.24, 2.45) is 0 Å². The van der Waals surface area contributed by atoms with Crippen LogP contribution in [-0.2, 0) is 22.5 Å². The topological polar surface area (TPSA) is 54.5 Å². The standard InChI is InChI=1S/C18H23N3O2S/c1-14-12-21(7-8-23-14)17-4-2-16(10-19-17)11-20-18(22)5-3-15-6-9-24-13-15/h2,4,6,9-10,13-14H,3,5,7-8,11-12H2,1H3,(H,20,22). The maximum absolute atomic E-state index is 11.9. The molecular formula is C18H23N3O2S. The molecule has 1 fully saturated rings. The molecule has 2 aromatic heterocycles. The number of nitrogens with zero attached hydrogens (tertiary/aromatic N) is 2. The summed E-state index contributed by atoms with van der Waals surface area (Å²) in [6.07, 6.45) is 3.40. The van der Waals surface area contributed by atoms with Crippen molar-refractivity contribution in [3.63, 3.8) is 0 Å². The van der Waals surface area contributed by atoms with Crippen molar-refractivity contribution < 1.29 is 9.53 Å². The number of anilines is 1. The first-order valence-corrected chi connectivity index (χ1v) is 9.24. The lowest BCUT2D eigenvalue weighted by Crippen LogP contribution is -2.41. The maximum Gasteiger partial charge on any atom is 0.220 e. The van der Waals surface area contributed by atoms with Gasteiger partial charge < -0.3 is 15.0 Å². The Labute approximate surface area is 146 Å². The number of aromatic nitrogens is 1. The van der Waals surface area contributed by atoms with Gasteiger partial charge in [-0.15, -0.1) is 0 Å². The lowest BCUT2D eigenvalue weighted by molar-refractivity contribution is -0.121. The van der Waals surface area contributed by atoms with Gasteiger partial charge >= 0.3 is 0 Å². The van der Waals surface area contributed by atoms with Gasteiger partial charge in [-0.3, -0.25) is 4.79 Å². The molecular weight excluding hydrogens is 322 g/mol. The largest absolute Gasteiger partial charge is 0.375 e. The van der Waals surface area contributed by atoms with E-state index in [0.29, 0.717) is 13.0 Å². The number of pyridine rings is 1. The van der Waals surface area contributed by atoms with Crippen LogP contribution in [0.5, 0.6) is 0 Å². The van der Waals surface area contributed by atoms with Crippen LogP contribution in [0.2, 0.25) is 0 Å². The molecule has 1 unspecified atom stereocenters. The van der Waals surface area contributed by atoms with Crippen molar-refractivity contribution in [2.75, 3.05) is 24.6 Å². The van der Waals surface area contributed by atoms with Crippen LogP contribution in [0.25, 0.3) is 0 Å². The number of amides is 1. The summed E-state index contributed by atoms with van der Waals surface area (Å²) < 4.78 is 5.55. The molecule has 1 N–H and O–H groups in total. The molecule has 0 bridgehead atoms. The molecule has 1 amide bonds. The summed E-state index contributed by atoms with van der Waals surface area (Å²) in [5, 5.41) is 7.08. The molecule has 6 heteroatoms. The average Bonchev–Trinajstić information content (AvgIpc) is 3.12.